The van der Waals surface area contributed by atoms with E-state index in [2.05, 4.69) is 29.3 Å². The molecule has 1 atom stereocenters. The van der Waals surface area contributed by atoms with E-state index in [1.54, 1.807) is 7.11 Å². The molecule has 0 bridgehead atoms. The lowest BCUT2D eigenvalue weighted by Crippen LogP contribution is -2.38. The molecule has 1 saturated heterocycles. The molecule has 1 aliphatic heterocycles. The van der Waals surface area contributed by atoms with Gasteiger partial charge in [-0.25, -0.2) is 0 Å². The maximum atomic E-state index is 12.3. The molecule has 1 heterocycles. The van der Waals surface area contributed by atoms with Gasteiger partial charge in [0.2, 0.25) is 0 Å². The van der Waals surface area contributed by atoms with E-state index < -0.39 is 0 Å². The van der Waals surface area contributed by atoms with Crippen molar-refractivity contribution in [2.45, 2.75) is 32.7 Å². The molecule has 0 radical (unpaired) electrons. The zero-order valence-corrected chi connectivity index (χ0v) is 18.3. The lowest BCUT2D eigenvalue weighted by Gasteiger charge is -2.28. The van der Waals surface area contributed by atoms with Crippen LogP contribution in [-0.4, -0.2) is 44.2 Å². The van der Waals surface area contributed by atoms with E-state index in [1.165, 1.54) is 24.0 Å². The summed E-state index contributed by atoms with van der Waals surface area (Å²) in [6.45, 7) is 6.82. The first-order valence-electron chi connectivity index (χ1n) is 9.91. The van der Waals surface area contributed by atoms with Crippen molar-refractivity contribution in [1.29, 1.82) is 0 Å². The average molecular weight is 419 g/mol. The van der Waals surface area contributed by atoms with Gasteiger partial charge in [-0.2, -0.15) is 0 Å². The topological polar surface area (TPSA) is 50.8 Å². The van der Waals surface area contributed by atoms with E-state index in [9.17, 15) is 4.79 Å². The summed E-state index contributed by atoms with van der Waals surface area (Å²) in [5, 5.41) is 3.05. The summed E-state index contributed by atoms with van der Waals surface area (Å²) in [6, 6.07) is 14.2. The van der Waals surface area contributed by atoms with Gasteiger partial charge in [0.1, 0.15) is 11.5 Å². The van der Waals surface area contributed by atoms with Gasteiger partial charge >= 0.3 is 0 Å². The van der Waals surface area contributed by atoms with Crippen molar-refractivity contribution in [3.05, 3.63) is 59.2 Å². The fourth-order valence-corrected chi connectivity index (χ4v) is 3.55. The molecule has 158 valence electrons. The van der Waals surface area contributed by atoms with E-state index >= 15 is 0 Å². The Hall–Kier alpha value is -2.24. The van der Waals surface area contributed by atoms with Crippen molar-refractivity contribution < 1.29 is 14.3 Å². The Labute approximate surface area is 179 Å². The van der Waals surface area contributed by atoms with Crippen molar-refractivity contribution in [3.63, 3.8) is 0 Å². The first kappa shape index (κ1) is 23.0. The van der Waals surface area contributed by atoms with Gasteiger partial charge < -0.3 is 14.8 Å². The van der Waals surface area contributed by atoms with Crippen LogP contribution in [-0.2, 0) is 4.79 Å². The molecule has 1 fully saturated rings. The summed E-state index contributed by atoms with van der Waals surface area (Å²) >= 11 is 0. The van der Waals surface area contributed by atoms with Crippen molar-refractivity contribution in [1.82, 2.24) is 10.2 Å². The van der Waals surface area contributed by atoms with Crippen molar-refractivity contribution in [2.24, 2.45) is 0 Å². The molecule has 1 amide bonds. The number of methoxy groups -OCH3 is 1. The van der Waals surface area contributed by atoms with E-state index in [4.69, 9.17) is 9.47 Å². The molecule has 2 aromatic rings. The van der Waals surface area contributed by atoms with Crippen LogP contribution in [0.2, 0.25) is 0 Å². The summed E-state index contributed by atoms with van der Waals surface area (Å²) in [4.78, 5) is 14.8. The number of likely N-dealkylation sites (tertiary alicyclic amines) is 1. The number of hydrogen-bond donors (Lipinski definition) is 1. The third-order valence-corrected chi connectivity index (χ3v) is 5.42. The van der Waals surface area contributed by atoms with Gasteiger partial charge in [-0.05, 0) is 80.7 Å². The van der Waals surface area contributed by atoms with Gasteiger partial charge in [0.15, 0.2) is 6.61 Å². The summed E-state index contributed by atoms with van der Waals surface area (Å²) in [5.74, 6) is 1.47. The van der Waals surface area contributed by atoms with Crippen molar-refractivity contribution in [2.75, 3.05) is 33.4 Å². The third kappa shape index (κ3) is 6.38. The Morgan fingerprint density at radius 1 is 1.03 bits per heavy atom. The number of nitrogens with one attached hydrogen (secondary N) is 1. The minimum atomic E-state index is -0.101. The average Bonchev–Trinajstić information content (AvgIpc) is 3.24. The molecule has 6 heteroatoms. The Kier molecular flexibility index (Phi) is 8.80. The van der Waals surface area contributed by atoms with Gasteiger partial charge in [0, 0.05) is 6.54 Å². The molecule has 1 aliphatic rings. The predicted octanol–water partition coefficient (Wildman–Crippen LogP) is 4.07. The zero-order valence-electron chi connectivity index (χ0n) is 17.4. The Morgan fingerprint density at radius 2 is 1.69 bits per heavy atom. The van der Waals surface area contributed by atoms with E-state index in [-0.39, 0.29) is 31.0 Å². The fraction of sp³-hybridized carbons (Fsp3) is 0.435. The van der Waals surface area contributed by atoms with Crippen LogP contribution in [0.1, 0.15) is 35.6 Å². The standard InChI is InChI=1S/C23H30N2O3.ClH/c1-17-6-9-21(14-18(17)2)28-16-23(26)24-15-22(25-12-4-5-13-25)19-7-10-20(27-3)11-8-19;/h6-11,14,22H,4-5,12-13,15-16H2,1-3H3,(H,24,26);1H. The van der Waals surface area contributed by atoms with Crippen LogP contribution < -0.4 is 14.8 Å². The number of carbonyl (C=O) groups is 1. The second kappa shape index (κ2) is 11.1. The van der Waals surface area contributed by atoms with Gasteiger partial charge in [0.25, 0.3) is 5.91 Å². The number of benzene rings is 2. The molecule has 2 aromatic carbocycles. The van der Waals surface area contributed by atoms with Crippen molar-refractivity contribution in [3.8, 4) is 11.5 Å². The number of ether oxygens (including phenoxy) is 2. The Balaban J connectivity index is 0.00000300. The van der Waals surface area contributed by atoms with Gasteiger partial charge in [-0.3, -0.25) is 9.69 Å². The number of carbonyl (C=O) groups excluding carboxylic acids is 1. The van der Waals surface area contributed by atoms with Crippen LogP contribution in [0.5, 0.6) is 11.5 Å². The summed E-state index contributed by atoms with van der Waals surface area (Å²) in [7, 11) is 1.67. The minimum absolute atomic E-state index is 0. The van der Waals surface area contributed by atoms with Gasteiger partial charge in [-0.1, -0.05) is 18.2 Å². The first-order chi connectivity index (χ1) is 13.6. The maximum absolute atomic E-state index is 12.3. The van der Waals surface area contributed by atoms with Crippen LogP contribution in [0.15, 0.2) is 42.5 Å². The van der Waals surface area contributed by atoms with Crippen LogP contribution in [0.3, 0.4) is 0 Å². The van der Waals surface area contributed by atoms with E-state index in [0.717, 1.165) is 30.2 Å². The fourth-order valence-electron chi connectivity index (χ4n) is 3.55. The molecular weight excluding hydrogens is 388 g/mol. The Morgan fingerprint density at radius 3 is 2.31 bits per heavy atom. The lowest BCUT2D eigenvalue weighted by molar-refractivity contribution is -0.123. The number of nitrogens with zero attached hydrogens (tertiary/aromatic N) is 1. The third-order valence-electron chi connectivity index (χ3n) is 5.42. The molecule has 0 spiro atoms. The molecule has 5 nitrogen and oxygen atoms in total. The molecule has 29 heavy (non-hydrogen) atoms. The number of hydrogen-bond acceptors (Lipinski definition) is 4. The highest BCUT2D eigenvalue weighted by Gasteiger charge is 2.24. The number of aryl methyl sites for hydroxylation is 2. The quantitative estimate of drug-likeness (QED) is 0.702. The molecule has 0 aromatic heterocycles. The second-order valence-corrected chi connectivity index (χ2v) is 7.37. The molecule has 3 rings (SSSR count). The second-order valence-electron chi connectivity index (χ2n) is 7.37. The van der Waals surface area contributed by atoms with Crippen LogP contribution in [0.4, 0.5) is 0 Å². The number of rotatable bonds is 8. The van der Waals surface area contributed by atoms with Crippen molar-refractivity contribution >= 4 is 18.3 Å². The van der Waals surface area contributed by atoms with Crippen LogP contribution in [0.25, 0.3) is 0 Å². The monoisotopic (exact) mass is 418 g/mol. The first-order valence-corrected chi connectivity index (χ1v) is 9.91. The summed E-state index contributed by atoms with van der Waals surface area (Å²) < 4.78 is 10.9. The zero-order chi connectivity index (χ0) is 19.9. The smallest absolute Gasteiger partial charge is 0.258 e. The highest BCUT2D eigenvalue weighted by molar-refractivity contribution is 5.85. The molecule has 0 aliphatic carbocycles. The largest absolute Gasteiger partial charge is 0.497 e. The van der Waals surface area contributed by atoms with Gasteiger partial charge in [-0.15, -0.1) is 12.4 Å². The Bertz CT molecular complexity index is 789. The predicted molar refractivity (Wildman–Crippen MR) is 118 cm³/mol. The van der Waals surface area contributed by atoms with E-state index in [0.29, 0.717) is 6.54 Å². The lowest BCUT2D eigenvalue weighted by atomic mass is 10.1. The highest BCUT2D eigenvalue weighted by Crippen LogP contribution is 2.26. The normalized spacial score (nSPS) is 14.7. The summed E-state index contributed by atoms with van der Waals surface area (Å²) in [6.07, 6.45) is 2.41. The van der Waals surface area contributed by atoms with Crippen LogP contribution in [0, 0.1) is 13.8 Å². The number of halogens is 1. The highest BCUT2D eigenvalue weighted by atomic mass is 35.5. The summed E-state index contributed by atoms with van der Waals surface area (Å²) in [5.41, 5.74) is 3.56. The van der Waals surface area contributed by atoms with Crippen LogP contribution >= 0.6 is 12.4 Å². The molecule has 1 unspecified atom stereocenters. The minimum Gasteiger partial charge on any atom is -0.497 e. The number of amides is 1. The van der Waals surface area contributed by atoms with E-state index in [1.807, 2.05) is 37.3 Å². The molecule has 0 saturated carbocycles. The SMILES string of the molecule is COc1ccc(C(CNC(=O)COc2ccc(C)c(C)c2)N2CCCC2)cc1.Cl. The maximum Gasteiger partial charge on any atom is 0.258 e. The van der Waals surface area contributed by atoms with Gasteiger partial charge in [0.05, 0.1) is 13.2 Å². The molecular formula is C23H31ClN2O3. The molecule has 1 N–H and O–H groups in total.